The Labute approximate surface area is 99.4 Å². The molecule has 17 heavy (non-hydrogen) atoms. The number of carbonyl (C=O) groups excluding carboxylic acids is 1. The first kappa shape index (κ1) is 11.1. The summed E-state index contributed by atoms with van der Waals surface area (Å²) in [5, 5.41) is 9.52. The zero-order valence-corrected chi connectivity index (χ0v) is 9.31. The Morgan fingerprint density at radius 1 is 1.35 bits per heavy atom. The van der Waals surface area contributed by atoms with E-state index in [0.717, 1.165) is 16.8 Å². The summed E-state index contributed by atoms with van der Waals surface area (Å²) in [7, 11) is 0. The molecule has 0 aliphatic heterocycles. The van der Waals surface area contributed by atoms with Gasteiger partial charge in [0.15, 0.2) is 0 Å². The summed E-state index contributed by atoms with van der Waals surface area (Å²) in [6, 6.07) is 9.83. The number of carbonyl (C=O) groups is 1. The zero-order chi connectivity index (χ0) is 12.1. The smallest absolute Gasteiger partial charge is 0.243 e. The number of aromatic nitrogens is 2. The van der Waals surface area contributed by atoms with Crippen LogP contribution in [0.4, 0.5) is 0 Å². The van der Waals surface area contributed by atoms with Crippen LogP contribution in [0.15, 0.2) is 49.2 Å². The topological polar surface area (TPSA) is 57.8 Å². The van der Waals surface area contributed by atoms with Gasteiger partial charge in [0.2, 0.25) is 5.91 Å². The SMILES string of the molecule is C=CC(=O)NCc1ccc(-c2ccn[nH]2)cc1. The monoisotopic (exact) mass is 227 g/mol. The van der Waals surface area contributed by atoms with Crippen LogP contribution in [-0.2, 0) is 11.3 Å². The fourth-order valence-corrected chi connectivity index (χ4v) is 1.48. The Balaban J connectivity index is 2.03. The third-order valence-corrected chi connectivity index (χ3v) is 2.42. The Hall–Kier alpha value is -2.36. The molecule has 2 N–H and O–H groups in total. The molecule has 0 aliphatic rings. The lowest BCUT2D eigenvalue weighted by Gasteiger charge is -2.03. The van der Waals surface area contributed by atoms with Crippen molar-refractivity contribution in [1.29, 1.82) is 0 Å². The van der Waals surface area contributed by atoms with E-state index >= 15 is 0 Å². The summed E-state index contributed by atoms with van der Waals surface area (Å²) in [5.41, 5.74) is 3.09. The summed E-state index contributed by atoms with van der Waals surface area (Å²) < 4.78 is 0. The highest BCUT2D eigenvalue weighted by molar-refractivity contribution is 5.86. The number of aromatic amines is 1. The van der Waals surface area contributed by atoms with E-state index in [1.54, 1.807) is 6.20 Å². The van der Waals surface area contributed by atoms with Gasteiger partial charge >= 0.3 is 0 Å². The Morgan fingerprint density at radius 3 is 2.71 bits per heavy atom. The van der Waals surface area contributed by atoms with Crippen molar-refractivity contribution in [3.05, 3.63) is 54.7 Å². The van der Waals surface area contributed by atoms with Gasteiger partial charge in [-0.3, -0.25) is 9.89 Å². The van der Waals surface area contributed by atoms with Gasteiger partial charge in [-0.15, -0.1) is 0 Å². The van der Waals surface area contributed by atoms with Crippen LogP contribution >= 0.6 is 0 Å². The van der Waals surface area contributed by atoms with Gasteiger partial charge in [0.25, 0.3) is 0 Å². The maximum Gasteiger partial charge on any atom is 0.243 e. The number of amides is 1. The summed E-state index contributed by atoms with van der Waals surface area (Å²) in [6.45, 7) is 3.91. The van der Waals surface area contributed by atoms with Crippen LogP contribution in [0, 0.1) is 0 Å². The number of nitrogens with zero attached hydrogens (tertiary/aromatic N) is 1. The predicted octanol–water partition coefficient (Wildman–Crippen LogP) is 1.88. The Bertz CT molecular complexity index is 500. The molecule has 1 heterocycles. The molecular formula is C13H13N3O. The fourth-order valence-electron chi connectivity index (χ4n) is 1.48. The largest absolute Gasteiger partial charge is 0.348 e. The fraction of sp³-hybridized carbons (Fsp3) is 0.0769. The molecule has 0 unspecified atom stereocenters. The average molecular weight is 227 g/mol. The lowest BCUT2D eigenvalue weighted by atomic mass is 10.1. The van der Waals surface area contributed by atoms with Crippen molar-refractivity contribution in [2.45, 2.75) is 6.54 Å². The number of hydrogen-bond acceptors (Lipinski definition) is 2. The molecule has 2 rings (SSSR count). The molecule has 1 aromatic carbocycles. The second-order valence-electron chi connectivity index (χ2n) is 3.59. The maximum absolute atomic E-state index is 11.0. The van der Waals surface area contributed by atoms with Gasteiger partial charge in [0, 0.05) is 12.7 Å². The van der Waals surface area contributed by atoms with Crippen LogP contribution in [0.25, 0.3) is 11.3 Å². The van der Waals surface area contributed by atoms with E-state index in [2.05, 4.69) is 22.1 Å². The quantitative estimate of drug-likeness (QED) is 0.783. The van der Waals surface area contributed by atoms with Gasteiger partial charge in [-0.2, -0.15) is 5.10 Å². The third kappa shape index (κ3) is 2.81. The van der Waals surface area contributed by atoms with Crippen LogP contribution in [0.3, 0.4) is 0 Å². The molecule has 0 saturated carbocycles. The molecule has 0 saturated heterocycles. The van der Waals surface area contributed by atoms with Gasteiger partial charge in [0.1, 0.15) is 0 Å². The second kappa shape index (κ2) is 5.12. The van der Waals surface area contributed by atoms with E-state index in [1.807, 2.05) is 30.3 Å². The molecule has 0 fully saturated rings. The standard InChI is InChI=1S/C13H13N3O/c1-2-13(17)14-9-10-3-5-11(6-4-10)12-7-8-15-16-12/h2-8H,1,9H2,(H,14,17)(H,15,16). The van der Waals surface area contributed by atoms with Gasteiger partial charge < -0.3 is 5.32 Å². The van der Waals surface area contributed by atoms with Crippen LogP contribution in [0.1, 0.15) is 5.56 Å². The minimum absolute atomic E-state index is 0.164. The van der Waals surface area contributed by atoms with E-state index in [1.165, 1.54) is 6.08 Å². The van der Waals surface area contributed by atoms with Gasteiger partial charge in [-0.1, -0.05) is 30.8 Å². The van der Waals surface area contributed by atoms with E-state index in [9.17, 15) is 4.79 Å². The molecule has 1 amide bonds. The third-order valence-electron chi connectivity index (χ3n) is 2.42. The van der Waals surface area contributed by atoms with Crippen molar-refractivity contribution in [3.8, 4) is 11.3 Å². The van der Waals surface area contributed by atoms with Gasteiger partial charge in [0.05, 0.1) is 5.69 Å². The lowest BCUT2D eigenvalue weighted by molar-refractivity contribution is -0.116. The van der Waals surface area contributed by atoms with Crippen LogP contribution in [0.2, 0.25) is 0 Å². The molecule has 1 aromatic heterocycles. The minimum atomic E-state index is -0.164. The minimum Gasteiger partial charge on any atom is -0.348 e. The van der Waals surface area contributed by atoms with E-state index < -0.39 is 0 Å². The maximum atomic E-state index is 11.0. The highest BCUT2D eigenvalue weighted by Crippen LogP contribution is 2.16. The summed E-state index contributed by atoms with van der Waals surface area (Å²) in [4.78, 5) is 11.0. The molecule has 0 bridgehead atoms. The van der Waals surface area contributed by atoms with Crippen LogP contribution in [-0.4, -0.2) is 16.1 Å². The molecule has 4 heteroatoms. The Kier molecular flexibility index (Phi) is 3.35. The van der Waals surface area contributed by atoms with E-state index in [-0.39, 0.29) is 5.91 Å². The molecule has 0 radical (unpaired) electrons. The lowest BCUT2D eigenvalue weighted by Crippen LogP contribution is -2.19. The molecular weight excluding hydrogens is 214 g/mol. The first-order chi connectivity index (χ1) is 8.29. The molecule has 0 aliphatic carbocycles. The van der Waals surface area contributed by atoms with Crippen molar-refractivity contribution in [1.82, 2.24) is 15.5 Å². The Morgan fingerprint density at radius 2 is 2.12 bits per heavy atom. The second-order valence-corrected chi connectivity index (χ2v) is 3.59. The number of rotatable bonds is 4. The number of hydrogen-bond donors (Lipinski definition) is 2. The molecule has 2 aromatic rings. The first-order valence-corrected chi connectivity index (χ1v) is 5.28. The number of H-pyrrole nitrogens is 1. The van der Waals surface area contributed by atoms with E-state index in [0.29, 0.717) is 6.54 Å². The first-order valence-electron chi connectivity index (χ1n) is 5.28. The van der Waals surface area contributed by atoms with Crippen molar-refractivity contribution in [3.63, 3.8) is 0 Å². The predicted molar refractivity (Wildman–Crippen MR) is 66.1 cm³/mol. The highest BCUT2D eigenvalue weighted by Gasteiger charge is 1.99. The normalized spacial score (nSPS) is 9.88. The van der Waals surface area contributed by atoms with Crippen molar-refractivity contribution in [2.75, 3.05) is 0 Å². The van der Waals surface area contributed by atoms with Crippen molar-refractivity contribution < 1.29 is 4.79 Å². The summed E-state index contributed by atoms with van der Waals surface area (Å²) in [5.74, 6) is -0.164. The highest BCUT2D eigenvalue weighted by atomic mass is 16.1. The van der Waals surface area contributed by atoms with Crippen molar-refractivity contribution in [2.24, 2.45) is 0 Å². The zero-order valence-electron chi connectivity index (χ0n) is 9.31. The number of benzene rings is 1. The van der Waals surface area contributed by atoms with Crippen LogP contribution in [0.5, 0.6) is 0 Å². The van der Waals surface area contributed by atoms with Crippen LogP contribution < -0.4 is 5.32 Å². The molecule has 86 valence electrons. The summed E-state index contributed by atoms with van der Waals surface area (Å²) >= 11 is 0. The van der Waals surface area contributed by atoms with Crippen molar-refractivity contribution >= 4 is 5.91 Å². The molecule has 0 spiro atoms. The average Bonchev–Trinajstić information content (AvgIpc) is 2.90. The summed E-state index contributed by atoms with van der Waals surface area (Å²) in [6.07, 6.45) is 2.98. The molecule has 4 nitrogen and oxygen atoms in total. The number of nitrogens with one attached hydrogen (secondary N) is 2. The molecule has 0 atom stereocenters. The van der Waals surface area contributed by atoms with Gasteiger partial charge in [-0.05, 0) is 23.3 Å². The van der Waals surface area contributed by atoms with E-state index in [4.69, 9.17) is 0 Å². The van der Waals surface area contributed by atoms with Gasteiger partial charge in [-0.25, -0.2) is 0 Å².